The molecule has 21 heavy (non-hydrogen) atoms. The van der Waals surface area contributed by atoms with Crippen molar-refractivity contribution in [2.24, 2.45) is 0 Å². The number of amides is 1. The molecule has 0 aromatic heterocycles. The van der Waals surface area contributed by atoms with Crippen LogP contribution in [0.4, 0.5) is 5.69 Å². The van der Waals surface area contributed by atoms with Gasteiger partial charge < -0.3 is 20.3 Å². The van der Waals surface area contributed by atoms with Gasteiger partial charge in [0.15, 0.2) is 5.11 Å². The summed E-state index contributed by atoms with van der Waals surface area (Å²) in [5.74, 6) is 0.566. The van der Waals surface area contributed by atoms with Crippen LogP contribution in [0.5, 0.6) is 5.75 Å². The van der Waals surface area contributed by atoms with Crippen molar-refractivity contribution in [2.75, 3.05) is 32.1 Å². The number of anilines is 1. The topological polar surface area (TPSA) is 53.6 Å². The van der Waals surface area contributed by atoms with E-state index < -0.39 is 0 Å². The highest BCUT2D eigenvalue weighted by atomic mass is 32.1. The summed E-state index contributed by atoms with van der Waals surface area (Å²) in [7, 11) is 1.59. The molecule has 0 unspecified atom stereocenters. The molecule has 1 amide bonds. The highest BCUT2D eigenvalue weighted by Gasteiger charge is 2.12. The predicted molar refractivity (Wildman–Crippen MR) is 89.7 cm³/mol. The van der Waals surface area contributed by atoms with Crippen LogP contribution in [-0.4, -0.2) is 42.7 Å². The van der Waals surface area contributed by atoms with Crippen molar-refractivity contribution in [2.45, 2.75) is 6.92 Å². The van der Waals surface area contributed by atoms with Gasteiger partial charge in [-0.3, -0.25) is 4.79 Å². The monoisotopic (exact) mass is 307 g/mol. The maximum atomic E-state index is 12.1. The summed E-state index contributed by atoms with van der Waals surface area (Å²) < 4.78 is 5.12. The molecule has 2 N–H and O–H groups in total. The minimum absolute atomic E-state index is 0.132. The molecule has 0 fully saturated rings. The van der Waals surface area contributed by atoms with Gasteiger partial charge in [-0.15, -0.1) is 6.58 Å². The molecule has 0 aliphatic carbocycles. The molecule has 0 spiro atoms. The first kappa shape index (κ1) is 17.0. The number of carbonyl (C=O) groups is 1. The van der Waals surface area contributed by atoms with Crippen LogP contribution in [-0.2, 0) is 4.79 Å². The van der Waals surface area contributed by atoms with Crippen LogP contribution >= 0.6 is 12.2 Å². The lowest BCUT2D eigenvalue weighted by Crippen LogP contribution is -2.43. The van der Waals surface area contributed by atoms with Crippen molar-refractivity contribution in [3.63, 3.8) is 0 Å². The summed E-state index contributed by atoms with van der Waals surface area (Å²) in [5, 5.41) is 6.37. The Labute approximate surface area is 131 Å². The molecule has 1 aromatic rings. The molecule has 0 bridgehead atoms. The quantitative estimate of drug-likeness (QED) is 0.596. The van der Waals surface area contributed by atoms with E-state index >= 15 is 0 Å². The van der Waals surface area contributed by atoms with Gasteiger partial charge in [0.1, 0.15) is 5.75 Å². The minimum Gasteiger partial charge on any atom is -0.497 e. The summed E-state index contributed by atoms with van der Waals surface area (Å²) in [6.45, 7) is 6.98. The Morgan fingerprint density at radius 1 is 1.52 bits per heavy atom. The zero-order valence-corrected chi connectivity index (χ0v) is 13.2. The molecule has 0 saturated carbocycles. The van der Waals surface area contributed by atoms with E-state index in [1.54, 1.807) is 24.2 Å². The van der Waals surface area contributed by atoms with Crippen LogP contribution in [0.1, 0.15) is 6.92 Å². The average molecular weight is 307 g/mol. The molecular formula is C15H21N3O2S. The first-order chi connectivity index (χ1) is 10.1. The third kappa shape index (κ3) is 5.83. The summed E-state index contributed by atoms with van der Waals surface area (Å²) in [6.07, 6.45) is 1.72. The van der Waals surface area contributed by atoms with Crippen molar-refractivity contribution in [1.29, 1.82) is 0 Å². The summed E-state index contributed by atoms with van der Waals surface area (Å²) in [5.41, 5.74) is 0.695. The minimum atomic E-state index is -0.132. The lowest BCUT2D eigenvalue weighted by Gasteiger charge is -2.23. The maximum absolute atomic E-state index is 12.1. The number of hydrogen-bond donors (Lipinski definition) is 2. The number of methoxy groups -OCH3 is 1. The van der Waals surface area contributed by atoms with Crippen LogP contribution in [0.2, 0.25) is 0 Å². The Kier molecular flexibility index (Phi) is 7.25. The molecule has 1 aromatic carbocycles. The molecule has 0 saturated heterocycles. The molecule has 0 heterocycles. The fraction of sp³-hybridized carbons (Fsp3) is 0.333. The number of carbonyl (C=O) groups excluding carboxylic acids is 1. The molecule has 1 rings (SSSR count). The Balaban J connectivity index is 2.57. The highest BCUT2D eigenvalue weighted by Crippen LogP contribution is 2.16. The maximum Gasteiger partial charge on any atom is 0.243 e. The molecule has 5 nitrogen and oxygen atoms in total. The summed E-state index contributed by atoms with van der Waals surface area (Å²) in [4.78, 5) is 13.8. The van der Waals surface area contributed by atoms with E-state index in [9.17, 15) is 4.79 Å². The van der Waals surface area contributed by atoms with Crippen LogP contribution in [0.25, 0.3) is 0 Å². The van der Waals surface area contributed by atoms with E-state index in [-0.39, 0.29) is 12.5 Å². The van der Waals surface area contributed by atoms with Crippen molar-refractivity contribution >= 4 is 28.9 Å². The van der Waals surface area contributed by atoms with E-state index in [1.165, 1.54) is 0 Å². The molecular weight excluding hydrogens is 286 g/mol. The Hall–Kier alpha value is -2.08. The van der Waals surface area contributed by atoms with Crippen molar-refractivity contribution in [3.05, 3.63) is 36.9 Å². The van der Waals surface area contributed by atoms with E-state index in [0.29, 0.717) is 29.6 Å². The van der Waals surface area contributed by atoms with E-state index in [4.69, 9.17) is 17.0 Å². The highest BCUT2D eigenvalue weighted by molar-refractivity contribution is 7.80. The number of benzene rings is 1. The van der Waals surface area contributed by atoms with Gasteiger partial charge in [-0.1, -0.05) is 12.1 Å². The lowest BCUT2D eigenvalue weighted by molar-refractivity contribution is -0.116. The van der Waals surface area contributed by atoms with Gasteiger partial charge in [-0.25, -0.2) is 0 Å². The largest absolute Gasteiger partial charge is 0.497 e. The number of nitrogens with zero attached hydrogens (tertiary/aromatic N) is 1. The second-order valence-corrected chi connectivity index (χ2v) is 4.66. The van der Waals surface area contributed by atoms with Crippen LogP contribution < -0.4 is 15.4 Å². The zero-order valence-electron chi connectivity index (χ0n) is 12.4. The smallest absolute Gasteiger partial charge is 0.243 e. The van der Waals surface area contributed by atoms with Crippen LogP contribution in [0, 0.1) is 0 Å². The lowest BCUT2D eigenvalue weighted by atomic mass is 10.3. The number of thiocarbonyl (C=S) groups is 1. The number of likely N-dealkylation sites (N-methyl/N-ethyl adjacent to an activating group) is 1. The van der Waals surface area contributed by atoms with Gasteiger partial charge >= 0.3 is 0 Å². The summed E-state index contributed by atoms with van der Waals surface area (Å²) >= 11 is 5.23. The number of rotatable bonds is 7. The Morgan fingerprint density at radius 2 is 2.29 bits per heavy atom. The van der Waals surface area contributed by atoms with Crippen molar-refractivity contribution in [3.8, 4) is 5.75 Å². The molecule has 0 atom stereocenters. The first-order valence-electron chi connectivity index (χ1n) is 6.68. The standard InChI is InChI=1S/C15H21N3O2S/c1-4-9-16-15(21)18(5-2)11-14(19)17-12-7-6-8-13(10-12)20-3/h4,6-8,10H,1,5,9,11H2,2-3H3,(H,16,21)(H,17,19). The molecule has 114 valence electrons. The number of hydrogen-bond acceptors (Lipinski definition) is 3. The van der Waals surface area contributed by atoms with E-state index in [2.05, 4.69) is 17.2 Å². The third-order valence-corrected chi connectivity index (χ3v) is 3.16. The van der Waals surface area contributed by atoms with Gasteiger partial charge in [0.2, 0.25) is 5.91 Å². The number of ether oxygens (including phenoxy) is 1. The predicted octanol–water partition coefficient (Wildman–Crippen LogP) is 2.02. The van der Waals surface area contributed by atoms with Crippen molar-refractivity contribution < 1.29 is 9.53 Å². The first-order valence-corrected chi connectivity index (χ1v) is 7.09. The molecule has 6 heteroatoms. The third-order valence-electron chi connectivity index (χ3n) is 2.75. The van der Waals surface area contributed by atoms with Crippen LogP contribution in [0.3, 0.4) is 0 Å². The van der Waals surface area contributed by atoms with E-state index in [0.717, 1.165) is 0 Å². The average Bonchev–Trinajstić information content (AvgIpc) is 2.50. The zero-order chi connectivity index (χ0) is 15.7. The number of nitrogens with one attached hydrogen (secondary N) is 2. The van der Waals surface area contributed by atoms with E-state index in [1.807, 2.05) is 25.1 Å². The van der Waals surface area contributed by atoms with Gasteiger partial charge in [-0.05, 0) is 31.3 Å². The SMILES string of the molecule is C=CCNC(=S)N(CC)CC(=O)Nc1cccc(OC)c1. The van der Waals surface area contributed by atoms with Gasteiger partial charge in [0.05, 0.1) is 13.7 Å². The molecule has 0 aliphatic rings. The summed E-state index contributed by atoms with van der Waals surface area (Å²) in [6, 6.07) is 7.22. The molecule has 0 aliphatic heterocycles. The van der Waals surface area contributed by atoms with Crippen LogP contribution in [0.15, 0.2) is 36.9 Å². The van der Waals surface area contributed by atoms with Crippen molar-refractivity contribution in [1.82, 2.24) is 10.2 Å². The van der Waals surface area contributed by atoms with Gasteiger partial charge in [0.25, 0.3) is 0 Å². The second-order valence-electron chi connectivity index (χ2n) is 4.27. The Bertz CT molecular complexity index is 505. The van der Waals surface area contributed by atoms with Gasteiger partial charge in [0, 0.05) is 24.8 Å². The fourth-order valence-corrected chi connectivity index (χ4v) is 1.95. The van der Waals surface area contributed by atoms with Gasteiger partial charge in [-0.2, -0.15) is 0 Å². The Morgan fingerprint density at radius 3 is 2.90 bits per heavy atom. The normalized spacial score (nSPS) is 9.62. The second kappa shape index (κ2) is 8.97. The molecule has 0 radical (unpaired) electrons. The fourth-order valence-electron chi connectivity index (χ4n) is 1.67.